The maximum atomic E-state index is 13.2. The first-order valence-electron chi connectivity index (χ1n) is 11.4. The van der Waals surface area contributed by atoms with Crippen LogP contribution in [0.4, 0.5) is 11.8 Å². The molecule has 2 fully saturated rings. The molecule has 1 aromatic carbocycles. The van der Waals surface area contributed by atoms with Crippen molar-refractivity contribution in [3.63, 3.8) is 0 Å². The zero-order valence-corrected chi connectivity index (χ0v) is 19.1. The van der Waals surface area contributed by atoms with Crippen molar-refractivity contribution in [3.8, 4) is 5.69 Å². The molecule has 0 aliphatic carbocycles. The molecule has 0 spiro atoms. The van der Waals surface area contributed by atoms with Gasteiger partial charge >= 0.3 is 0 Å². The van der Waals surface area contributed by atoms with Crippen molar-refractivity contribution in [2.75, 3.05) is 62.3 Å². The van der Waals surface area contributed by atoms with Crippen LogP contribution in [0, 0.1) is 13.8 Å². The monoisotopic (exact) mass is 447 g/mol. The molecule has 4 heterocycles. The normalized spacial score (nSPS) is 16.8. The van der Waals surface area contributed by atoms with Crippen LogP contribution >= 0.6 is 0 Å². The van der Waals surface area contributed by atoms with Gasteiger partial charge in [-0.3, -0.25) is 4.79 Å². The highest BCUT2D eigenvalue weighted by Crippen LogP contribution is 2.21. The first kappa shape index (κ1) is 21.4. The Kier molecular flexibility index (Phi) is 5.95. The number of morpholine rings is 1. The van der Waals surface area contributed by atoms with Crippen molar-refractivity contribution in [2.45, 2.75) is 13.8 Å². The highest BCUT2D eigenvalue weighted by molar-refractivity contribution is 5.95. The summed E-state index contributed by atoms with van der Waals surface area (Å²) in [4.78, 5) is 29.0. The second-order valence-electron chi connectivity index (χ2n) is 8.44. The van der Waals surface area contributed by atoms with Gasteiger partial charge in [-0.2, -0.15) is 10.1 Å². The van der Waals surface area contributed by atoms with Gasteiger partial charge in [-0.25, -0.2) is 9.67 Å². The molecular formula is C24H29N7O2. The lowest BCUT2D eigenvalue weighted by molar-refractivity contribution is 0.0745. The van der Waals surface area contributed by atoms with Gasteiger partial charge in [0.25, 0.3) is 5.91 Å². The number of hydrogen-bond donors (Lipinski definition) is 0. The maximum Gasteiger partial charge on any atom is 0.257 e. The van der Waals surface area contributed by atoms with E-state index < -0.39 is 0 Å². The summed E-state index contributed by atoms with van der Waals surface area (Å²) in [6.07, 6.45) is 1.68. The number of benzene rings is 1. The fourth-order valence-electron chi connectivity index (χ4n) is 4.36. The van der Waals surface area contributed by atoms with Gasteiger partial charge in [0, 0.05) is 51.0 Å². The molecule has 9 nitrogen and oxygen atoms in total. The van der Waals surface area contributed by atoms with Crippen molar-refractivity contribution >= 4 is 17.7 Å². The Hall–Kier alpha value is -3.46. The minimum Gasteiger partial charge on any atom is -0.378 e. The van der Waals surface area contributed by atoms with Gasteiger partial charge in [0.15, 0.2) is 0 Å². The Morgan fingerprint density at radius 2 is 1.64 bits per heavy atom. The Morgan fingerprint density at radius 3 is 2.36 bits per heavy atom. The van der Waals surface area contributed by atoms with Gasteiger partial charge in [-0.15, -0.1) is 0 Å². The molecule has 1 amide bonds. The lowest BCUT2D eigenvalue weighted by atomic mass is 10.2. The highest BCUT2D eigenvalue weighted by Gasteiger charge is 2.27. The van der Waals surface area contributed by atoms with Crippen LogP contribution in [0.2, 0.25) is 0 Å². The summed E-state index contributed by atoms with van der Waals surface area (Å²) >= 11 is 0. The predicted octanol–water partition coefficient (Wildman–Crippen LogP) is 2.08. The Morgan fingerprint density at radius 1 is 0.909 bits per heavy atom. The molecule has 3 aromatic rings. The number of aromatic nitrogens is 4. The molecule has 172 valence electrons. The van der Waals surface area contributed by atoms with Crippen LogP contribution in [0.25, 0.3) is 5.69 Å². The van der Waals surface area contributed by atoms with Crippen LogP contribution in [0.3, 0.4) is 0 Å². The Bertz CT molecular complexity index is 1120. The number of nitrogens with zero attached hydrogens (tertiary/aromatic N) is 7. The Balaban J connectivity index is 1.27. The van der Waals surface area contributed by atoms with E-state index in [1.165, 1.54) is 0 Å². The second-order valence-corrected chi connectivity index (χ2v) is 8.44. The van der Waals surface area contributed by atoms with Crippen molar-refractivity contribution in [1.29, 1.82) is 0 Å². The quantitative estimate of drug-likeness (QED) is 0.606. The number of para-hydroxylation sites is 1. The number of hydrogen-bond acceptors (Lipinski definition) is 7. The first-order valence-corrected chi connectivity index (χ1v) is 11.4. The van der Waals surface area contributed by atoms with Crippen molar-refractivity contribution in [2.24, 2.45) is 0 Å². The summed E-state index contributed by atoms with van der Waals surface area (Å²) < 4.78 is 7.28. The summed E-state index contributed by atoms with van der Waals surface area (Å²) in [5.74, 6) is 1.70. The molecule has 2 aliphatic heterocycles. The molecule has 2 aromatic heterocycles. The second kappa shape index (κ2) is 9.19. The number of aryl methyl sites for hydroxylation is 1. The molecule has 2 saturated heterocycles. The first-order chi connectivity index (χ1) is 16.1. The van der Waals surface area contributed by atoms with E-state index in [0.717, 1.165) is 55.1 Å². The predicted molar refractivity (Wildman–Crippen MR) is 126 cm³/mol. The Labute approximate surface area is 193 Å². The molecule has 0 unspecified atom stereocenters. The van der Waals surface area contributed by atoms with E-state index >= 15 is 0 Å². The molecule has 33 heavy (non-hydrogen) atoms. The summed E-state index contributed by atoms with van der Waals surface area (Å²) in [6, 6.07) is 11.9. The number of piperazine rings is 1. The molecule has 0 atom stereocenters. The SMILES string of the molecule is Cc1cc(N2CCOCC2)nc(N2CCN(C(=O)c3cnn(-c4ccccc4)c3C)CC2)n1. The fourth-order valence-corrected chi connectivity index (χ4v) is 4.36. The third-order valence-electron chi connectivity index (χ3n) is 6.25. The summed E-state index contributed by atoms with van der Waals surface area (Å²) in [5, 5.41) is 4.45. The van der Waals surface area contributed by atoms with E-state index in [0.29, 0.717) is 31.7 Å². The molecule has 0 N–H and O–H groups in total. The molecule has 2 aliphatic rings. The smallest absolute Gasteiger partial charge is 0.257 e. The van der Waals surface area contributed by atoms with Crippen molar-refractivity contribution in [3.05, 3.63) is 59.5 Å². The van der Waals surface area contributed by atoms with Crippen LogP contribution in [0.15, 0.2) is 42.6 Å². The number of rotatable bonds is 4. The minimum absolute atomic E-state index is 0.0218. The van der Waals surface area contributed by atoms with E-state index in [-0.39, 0.29) is 5.91 Å². The lowest BCUT2D eigenvalue weighted by Crippen LogP contribution is -2.49. The zero-order valence-electron chi connectivity index (χ0n) is 19.1. The third kappa shape index (κ3) is 4.41. The number of anilines is 2. The number of ether oxygens (including phenoxy) is 1. The van der Waals surface area contributed by atoms with Gasteiger partial charge in [0.05, 0.1) is 36.4 Å². The van der Waals surface area contributed by atoms with E-state index in [4.69, 9.17) is 9.72 Å². The van der Waals surface area contributed by atoms with Crippen LogP contribution < -0.4 is 9.80 Å². The van der Waals surface area contributed by atoms with Crippen molar-refractivity contribution in [1.82, 2.24) is 24.6 Å². The van der Waals surface area contributed by atoms with Crippen LogP contribution in [0.5, 0.6) is 0 Å². The maximum absolute atomic E-state index is 13.2. The topological polar surface area (TPSA) is 79.6 Å². The average molecular weight is 448 g/mol. The van der Waals surface area contributed by atoms with Gasteiger partial charge in [-0.05, 0) is 26.0 Å². The van der Waals surface area contributed by atoms with E-state index in [1.807, 2.05) is 59.8 Å². The summed E-state index contributed by atoms with van der Waals surface area (Å²) in [6.45, 7) is 9.71. The molecule has 0 radical (unpaired) electrons. The zero-order chi connectivity index (χ0) is 22.8. The van der Waals surface area contributed by atoms with Gasteiger partial charge in [0.1, 0.15) is 5.82 Å². The summed E-state index contributed by atoms with van der Waals surface area (Å²) in [5.41, 5.74) is 3.40. The number of carbonyl (C=O) groups excluding carboxylic acids is 1. The number of carbonyl (C=O) groups is 1. The van der Waals surface area contributed by atoms with Gasteiger partial charge in [0.2, 0.25) is 5.95 Å². The van der Waals surface area contributed by atoms with Crippen LogP contribution in [-0.2, 0) is 4.74 Å². The lowest BCUT2D eigenvalue weighted by Gasteiger charge is -2.35. The third-order valence-corrected chi connectivity index (χ3v) is 6.25. The van der Waals surface area contributed by atoms with E-state index in [1.54, 1.807) is 6.20 Å². The fraction of sp³-hybridized carbons (Fsp3) is 0.417. The molecule has 9 heteroatoms. The molecule has 0 bridgehead atoms. The standard InChI is InChI=1S/C24H29N7O2/c1-18-16-22(28-12-14-33-15-13-28)27-24(26-18)30-10-8-29(9-11-30)23(32)21-17-25-31(19(21)2)20-6-4-3-5-7-20/h3-7,16-17H,8-15H2,1-2H3. The van der Waals surface area contributed by atoms with E-state index in [9.17, 15) is 4.79 Å². The molecule has 0 saturated carbocycles. The number of amides is 1. The molecular weight excluding hydrogens is 418 g/mol. The minimum atomic E-state index is 0.0218. The highest BCUT2D eigenvalue weighted by atomic mass is 16.5. The largest absolute Gasteiger partial charge is 0.378 e. The van der Waals surface area contributed by atoms with Gasteiger partial charge < -0.3 is 19.4 Å². The van der Waals surface area contributed by atoms with Crippen molar-refractivity contribution < 1.29 is 9.53 Å². The van der Waals surface area contributed by atoms with E-state index in [2.05, 4.69) is 19.9 Å². The van der Waals surface area contributed by atoms with Gasteiger partial charge in [-0.1, -0.05) is 18.2 Å². The molecule has 5 rings (SSSR count). The average Bonchev–Trinajstić information content (AvgIpc) is 3.25. The van der Waals surface area contributed by atoms with Crippen LogP contribution in [-0.4, -0.2) is 83.0 Å². The summed E-state index contributed by atoms with van der Waals surface area (Å²) in [7, 11) is 0. The van der Waals surface area contributed by atoms with Crippen LogP contribution in [0.1, 0.15) is 21.7 Å².